The molecule has 1 amide bonds. The Morgan fingerprint density at radius 3 is 2.55 bits per heavy atom. The third-order valence-electron chi connectivity index (χ3n) is 5.51. The average Bonchev–Trinajstić information content (AvgIpc) is 3.21. The number of methoxy groups -OCH3 is 1. The van der Waals surface area contributed by atoms with E-state index in [0.717, 1.165) is 11.1 Å². The summed E-state index contributed by atoms with van der Waals surface area (Å²) in [7, 11) is 1.31. The van der Waals surface area contributed by atoms with Gasteiger partial charge >= 0.3 is 5.97 Å². The zero-order valence-corrected chi connectivity index (χ0v) is 17.3. The number of ether oxygens (including phenoxy) is 1. The highest BCUT2D eigenvalue weighted by Crippen LogP contribution is 2.31. The summed E-state index contributed by atoms with van der Waals surface area (Å²) in [6.45, 7) is 2.00. The molecule has 3 aromatic rings. The van der Waals surface area contributed by atoms with Crippen LogP contribution in [-0.2, 0) is 11.2 Å². The summed E-state index contributed by atoms with van der Waals surface area (Å²) >= 11 is 0. The number of benzene rings is 1. The SMILES string of the molecule is CCc1cc2cc(-c3ccc(C(=O)N4CCC(F)(F)CC4)cn3)cc(C(=O)OC)c2o1. The van der Waals surface area contributed by atoms with Gasteiger partial charge in [-0.25, -0.2) is 13.6 Å². The van der Waals surface area contributed by atoms with Gasteiger partial charge < -0.3 is 14.1 Å². The first kappa shape index (κ1) is 21.0. The molecule has 0 atom stereocenters. The van der Waals surface area contributed by atoms with Gasteiger partial charge in [0, 0.05) is 49.5 Å². The molecule has 31 heavy (non-hydrogen) atoms. The Balaban J connectivity index is 1.63. The van der Waals surface area contributed by atoms with Gasteiger partial charge in [-0.15, -0.1) is 0 Å². The molecule has 8 heteroatoms. The molecule has 162 valence electrons. The fourth-order valence-electron chi connectivity index (χ4n) is 3.70. The van der Waals surface area contributed by atoms with Crippen LogP contribution >= 0.6 is 0 Å². The summed E-state index contributed by atoms with van der Waals surface area (Å²) in [6.07, 6.45) is 1.46. The number of piperidine rings is 1. The van der Waals surface area contributed by atoms with Gasteiger partial charge in [-0.2, -0.15) is 0 Å². The number of pyridine rings is 1. The number of furan rings is 1. The fourth-order valence-corrected chi connectivity index (χ4v) is 3.70. The Labute approximate surface area is 177 Å². The molecule has 0 spiro atoms. The molecular weight excluding hydrogens is 406 g/mol. The van der Waals surface area contributed by atoms with E-state index in [9.17, 15) is 18.4 Å². The fraction of sp³-hybridized carbons (Fsp3) is 0.348. The molecule has 0 aliphatic carbocycles. The van der Waals surface area contributed by atoms with Crippen molar-refractivity contribution in [3.8, 4) is 11.3 Å². The number of likely N-dealkylation sites (tertiary alicyclic amines) is 1. The van der Waals surface area contributed by atoms with Gasteiger partial charge in [-0.1, -0.05) is 6.92 Å². The largest absolute Gasteiger partial charge is 0.465 e. The van der Waals surface area contributed by atoms with Crippen LogP contribution in [0.5, 0.6) is 0 Å². The van der Waals surface area contributed by atoms with Crippen LogP contribution in [0.15, 0.2) is 40.9 Å². The predicted molar refractivity (Wildman–Crippen MR) is 110 cm³/mol. The topological polar surface area (TPSA) is 72.6 Å². The summed E-state index contributed by atoms with van der Waals surface area (Å²) in [4.78, 5) is 30.7. The Kier molecular flexibility index (Phi) is 5.47. The lowest BCUT2D eigenvalue weighted by Crippen LogP contribution is -2.42. The number of alkyl halides is 2. The number of amides is 1. The van der Waals surface area contributed by atoms with Gasteiger partial charge in [0.2, 0.25) is 0 Å². The summed E-state index contributed by atoms with van der Waals surface area (Å²) < 4.78 is 37.3. The van der Waals surface area contributed by atoms with Gasteiger partial charge in [0.1, 0.15) is 16.9 Å². The number of nitrogens with zero attached hydrogens (tertiary/aromatic N) is 2. The molecule has 1 fully saturated rings. The van der Waals surface area contributed by atoms with Crippen LogP contribution in [0.25, 0.3) is 22.2 Å². The first-order chi connectivity index (χ1) is 14.8. The lowest BCUT2D eigenvalue weighted by Gasteiger charge is -2.31. The van der Waals surface area contributed by atoms with Crippen LogP contribution < -0.4 is 0 Å². The van der Waals surface area contributed by atoms with Crippen molar-refractivity contribution in [3.05, 3.63) is 53.4 Å². The predicted octanol–water partition coefficient (Wildman–Crippen LogP) is 4.72. The van der Waals surface area contributed by atoms with E-state index in [1.807, 2.05) is 19.1 Å². The number of carbonyl (C=O) groups excluding carboxylic acids is 2. The first-order valence-electron chi connectivity index (χ1n) is 10.1. The summed E-state index contributed by atoms with van der Waals surface area (Å²) in [5.41, 5.74) is 2.33. The normalized spacial score (nSPS) is 15.8. The second-order valence-corrected chi connectivity index (χ2v) is 7.58. The molecule has 4 rings (SSSR count). The molecule has 0 N–H and O–H groups in total. The quantitative estimate of drug-likeness (QED) is 0.563. The van der Waals surface area contributed by atoms with Crippen molar-refractivity contribution >= 4 is 22.8 Å². The van der Waals surface area contributed by atoms with Crippen LogP contribution in [0.3, 0.4) is 0 Å². The number of halogens is 2. The van der Waals surface area contributed by atoms with Crippen LogP contribution in [0.1, 0.15) is 46.2 Å². The van der Waals surface area contributed by atoms with Crippen molar-refractivity contribution in [2.45, 2.75) is 32.1 Å². The van der Waals surface area contributed by atoms with Gasteiger partial charge in [-0.05, 0) is 30.3 Å². The number of fused-ring (bicyclic) bond motifs is 1. The standard InChI is InChI=1S/C23H22F2N2O4/c1-3-17-11-16-10-15(12-18(20(16)31-17)22(29)30-2)19-5-4-14(13-26-19)21(28)27-8-6-23(24,25)7-9-27/h4-5,10-13H,3,6-9H2,1-2H3. The van der Waals surface area contributed by atoms with E-state index in [-0.39, 0.29) is 31.8 Å². The molecule has 1 aliphatic rings. The highest BCUT2D eigenvalue weighted by atomic mass is 19.3. The van der Waals surface area contributed by atoms with Gasteiger partial charge in [0.15, 0.2) is 0 Å². The molecule has 2 aromatic heterocycles. The van der Waals surface area contributed by atoms with Crippen LogP contribution in [0, 0.1) is 0 Å². The molecule has 3 heterocycles. The highest BCUT2D eigenvalue weighted by Gasteiger charge is 2.35. The average molecular weight is 428 g/mol. The summed E-state index contributed by atoms with van der Waals surface area (Å²) in [6, 6.07) is 8.67. The highest BCUT2D eigenvalue weighted by molar-refractivity contribution is 6.04. The molecule has 1 saturated heterocycles. The van der Waals surface area contributed by atoms with Crippen molar-refractivity contribution in [2.24, 2.45) is 0 Å². The number of esters is 1. The third-order valence-corrected chi connectivity index (χ3v) is 5.51. The van der Waals surface area contributed by atoms with Crippen molar-refractivity contribution in [1.82, 2.24) is 9.88 Å². The van der Waals surface area contributed by atoms with E-state index in [0.29, 0.717) is 34.4 Å². The second kappa shape index (κ2) is 8.09. The van der Waals surface area contributed by atoms with Gasteiger partial charge in [0.25, 0.3) is 11.8 Å². The van der Waals surface area contributed by atoms with E-state index in [1.54, 1.807) is 18.2 Å². The molecular formula is C23H22F2N2O4. The van der Waals surface area contributed by atoms with Gasteiger partial charge in [-0.3, -0.25) is 9.78 Å². The van der Waals surface area contributed by atoms with Crippen LogP contribution in [-0.4, -0.2) is 47.9 Å². The van der Waals surface area contributed by atoms with Crippen molar-refractivity contribution in [3.63, 3.8) is 0 Å². The van der Waals surface area contributed by atoms with Crippen molar-refractivity contribution in [1.29, 1.82) is 0 Å². The molecule has 0 bridgehead atoms. The molecule has 1 aromatic carbocycles. The Hall–Kier alpha value is -3.29. The maximum atomic E-state index is 13.3. The molecule has 1 aliphatic heterocycles. The number of aromatic nitrogens is 1. The maximum Gasteiger partial charge on any atom is 0.341 e. The van der Waals surface area contributed by atoms with E-state index in [2.05, 4.69) is 4.98 Å². The lowest BCUT2D eigenvalue weighted by atomic mass is 10.0. The Morgan fingerprint density at radius 1 is 1.19 bits per heavy atom. The molecule has 0 saturated carbocycles. The number of hydrogen-bond donors (Lipinski definition) is 0. The summed E-state index contributed by atoms with van der Waals surface area (Å²) in [5.74, 6) is -2.79. The van der Waals surface area contributed by atoms with Crippen molar-refractivity contribution in [2.75, 3.05) is 20.2 Å². The lowest BCUT2D eigenvalue weighted by molar-refractivity contribution is -0.0494. The monoisotopic (exact) mass is 428 g/mol. The van der Waals surface area contributed by atoms with Gasteiger partial charge in [0.05, 0.1) is 18.4 Å². The Morgan fingerprint density at radius 2 is 1.94 bits per heavy atom. The molecule has 0 radical (unpaired) electrons. The minimum Gasteiger partial charge on any atom is -0.465 e. The Bertz CT molecular complexity index is 1130. The van der Waals surface area contributed by atoms with E-state index >= 15 is 0 Å². The first-order valence-corrected chi connectivity index (χ1v) is 10.1. The minimum absolute atomic E-state index is 0.0208. The third kappa shape index (κ3) is 4.15. The van der Waals surface area contributed by atoms with Crippen LogP contribution in [0.2, 0.25) is 0 Å². The zero-order chi connectivity index (χ0) is 22.2. The van der Waals surface area contributed by atoms with Crippen LogP contribution in [0.4, 0.5) is 8.78 Å². The second-order valence-electron chi connectivity index (χ2n) is 7.58. The van der Waals surface area contributed by atoms with E-state index < -0.39 is 11.9 Å². The van der Waals surface area contributed by atoms with Crippen molar-refractivity contribution < 1.29 is 27.5 Å². The number of aryl methyl sites for hydroxylation is 1. The maximum absolute atomic E-state index is 13.3. The van der Waals surface area contributed by atoms with E-state index in [4.69, 9.17) is 9.15 Å². The summed E-state index contributed by atoms with van der Waals surface area (Å²) in [5, 5.41) is 0.756. The number of rotatable bonds is 4. The smallest absolute Gasteiger partial charge is 0.341 e. The van der Waals surface area contributed by atoms with E-state index in [1.165, 1.54) is 18.2 Å². The molecule has 0 unspecified atom stereocenters. The minimum atomic E-state index is -2.71. The number of carbonyl (C=O) groups is 2. The zero-order valence-electron chi connectivity index (χ0n) is 17.3. The number of hydrogen-bond acceptors (Lipinski definition) is 5. The molecule has 6 nitrogen and oxygen atoms in total.